The number of hydrogen-bond acceptors (Lipinski definition) is 2. The fraction of sp³-hybridized carbons (Fsp3) is 1.00. The topological polar surface area (TPSA) is 24.1 Å². The lowest BCUT2D eigenvalue weighted by Gasteiger charge is -2.53. The average molecular weight is 116 g/mol. The molecule has 1 spiro atoms. The van der Waals surface area contributed by atoms with Crippen LogP contribution in [0.15, 0.2) is 0 Å². The molecule has 2 rings (SSSR count). The van der Waals surface area contributed by atoms with Gasteiger partial charge in [-0.05, 0) is 0 Å². The molecule has 0 bridgehead atoms. The van der Waals surface area contributed by atoms with Gasteiger partial charge in [0.25, 0.3) is 0 Å². The van der Waals surface area contributed by atoms with Gasteiger partial charge >= 0.3 is 0 Å². The van der Waals surface area contributed by atoms with Gasteiger partial charge in [-0.1, -0.05) is 0 Å². The lowest BCUT2D eigenvalue weighted by atomic mass is 9.80. The van der Waals surface area contributed by atoms with Gasteiger partial charge in [0.1, 0.15) is 6.17 Å². The summed E-state index contributed by atoms with van der Waals surface area (Å²) in [7, 11) is 0. The van der Waals surface area contributed by atoms with Crippen molar-refractivity contribution in [2.75, 3.05) is 19.6 Å². The van der Waals surface area contributed by atoms with Crippen molar-refractivity contribution in [3.8, 4) is 0 Å². The molecule has 0 aromatic rings. The van der Waals surface area contributed by atoms with Gasteiger partial charge in [-0.15, -0.1) is 0 Å². The van der Waals surface area contributed by atoms with Gasteiger partial charge in [-0.25, -0.2) is 4.39 Å². The molecule has 46 valence electrons. The van der Waals surface area contributed by atoms with E-state index in [0.717, 1.165) is 13.1 Å². The maximum Gasteiger partial charge on any atom is 0.133 e. The molecule has 2 aliphatic heterocycles. The van der Waals surface area contributed by atoms with Crippen LogP contribution in [-0.2, 0) is 0 Å². The first-order valence-electron chi connectivity index (χ1n) is 2.93. The summed E-state index contributed by atoms with van der Waals surface area (Å²) in [5.74, 6) is 0. The minimum absolute atomic E-state index is 0.125. The molecule has 8 heavy (non-hydrogen) atoms. The third kappa shape index (κ3) is 0.349. The van der Waals surface area contributed by atoms with E-state index in [2.05, 4.69) is 10.6 Å². The molecule has 1 unspecified atom stereocenters. The van der Waals surface area contributed by atoms with Gasteiger partial charge in [-0.2, -0.15) is 0 Å². The van der Waals surface area contributed by atoms with E-state index in [1.54, 1.807) is 0 Å². The third-order valence-electron chi connectivity index (χ3n) is 2.11. The first kappa shape index (κ1) is 4.70. The van der Waals surface area contributed by atoms with Crippen molar-refractivity contribution in [2.24, 2.45) is 0 Å². The molecule has 2 N–H and O–H groups in total. The molecule has 0 aromatic carbocycles. The SMILES string of the molecule is FC1CNC12CNC2. The molecule has 0 aliphatic carbocycles. The van der Waals surface area contributed by atoms with E-state index >= 15 is 0 Å². The highest BCUT2D eigenvalue weighted by atomic mass is 19.1. The minimum Gasteiger partial charge on any atom is -0.313 e. The largest absolute Gasteiger partial charge is 0.313 e. The molecule has 1 atom stereocenters. The standard InChI is InChI=1S/C5H9FN2/c6-4-1-8-5(4)2-7-3-5/h4,7-8H,1-3H2. The van der Waals surface area contributed by atoms with Crippen LogP contribution in [0, 0.1) is 0 Å². The summed E-state index contributed by atoms with van der Waals surface area (Å²) >= 11 is 0. The molecule has 3 heteroatoms. The molecule has 0 radical (unpaired) electrons. The van der Waals surface area contributed by atoms with Crippen molar-refractivity contribution in [1.29, 1.82) is 0 Å². The highest BCUT2D eigenvalue weighted by molar-refractivity contribution is 5.13. The van der Waals surface area contributed by atoms with Crippen molar-refractivity contribution in [3.05, 3.63) is 0 Å². The van der Waals surface area contributed by atoms with Gasteiger partial charge in [0.05, 0.1) is 5.54 Å². The zero-order valence-electron chi connectivity index (χ0n) is 4.58. The molecule has 0 aromatic heterocycles. The fourth-order valence-electron chi connectivity index (χ4n) is 1.21. The van der Waals surface area contributed by atoms with Crippen molar-refractivity contribution in [1.82, 2.24) is 10.6 Å². The number of hydrogen-bond donors (Lipinski definition) is 2. The molecule has 0 saturated carbocycles. The molecule has 2 nitrogen and oxygen atoms in total. The highest BCUT2D eigenvalue weighted by Crippen LogP contribution is 2.25. The van der Waals surface area contributed by atoms with E-state index in [4.69, 9.17) is 0 Å². The second-order valence-corrected chi connectivity index (χ2v) is 2.61. The molecule has 2 aliphatic rings. The van der Waals surface area contributed by atoms with Crippen LogP contribution < -0.4 is 10.6 Å². The van der Waals surface area contributed by atoms with E-state index in [1.807, 2.05) is 0 Å². The second kappa shape index (κ2) is 1.22. The number of alkyl halides is 1. The van der Waals surface area contributed by atoms with Crippen LogP contribution >= 0.6 is 0 Å². The number of halogens is 1. The molecule has 0 amide bonds. The third-order valence-corrected chi connectivity index (χ3v) is 2.11. The van der Waals surface area contributed by atoms with Gasteiger partial charge in [0, 0.05) is 19.6 Å². The van der Waals surface area contributed by atoms with Crippen LogP contribution in [0.2, 0.25) is 0 Å². The summed E-state index contributed by atoms with van der Waals surface area (Å²) in [4.78, 5) is 0. The van der Waals surface area contributed by atoms with Crippen LogP contribution in [0.25, 0.3) is 0 Å². The Hall–Kier alpha value is -0.150. The van der Waals surface area contributed by atoms with Gasteiger partial charge in [-0.3, -0.25) is 0 Å². The van der Waals surface area contributed by atoms with Crippen LogP contribution in [0.3, 0.4) is 0 Å². The van der Waals surface area contributed by atoms with Gasteiger partial charge < -0.3 is 10.6 Å². The van der Waals surface area contributed by atoms with Crippen LogP contribution in [-0.4, -0.2) is 31.3 Å². The van der Waals surface area contributed by atoms with E-state index in [-0.39, 0.29) is 5.54 Å². The monoisotopic (exact) mass is 116 g/mol. The van der Waals surface area contributed by atoms with Crippen LogP contribution in [0.1, 0.15) is 0 Å². The number of nitrogens with one attached hydrogen (secondary N) is 2. The first-order valence-corrected chi connectivity index (χ1v) is 2.93. The van der Waals surface area contributed by atoms with E-state index < -0.39 is 6.17 Å². The Labute approximate surface area is 47.5 Å². The van der Waals surface area contributed by atoms with Crippen molar-refractivity contribution in [3.63, 3.8) is 0 Å². The Morgan fingerprint density at radius 2 is 2.25 bits per heavy atom. The zero-order valence-corrected chi connectivity index (χ0v) is 4.58. The van der Waals surface area contributed by atoms with E-state index in [0.29, 0.717) is 6.54 Å². The average Bonchev–Trinajstić information content (AvgIpc) is 1.58. The second-order valence-electron chi connectivity index (χ2n) is 2.61. The van der Waals surface area contributed by atoms with Crippen molar-refractivity contribution < 1.29 is 4.39 Å². The molecule has 2 fully saturated rings. The Morgan fingerprint density at radius 1 is 1.50 bits per heavy atom. The zero-order chi connectivity index (χ0) is 5.61. The molecular weight excluding hydrogens is 107 g/mol. The smallest absolute Gasteiger partial charge is 0.133 e. The van der Waals surface area contributed by atoms with Crippen molar-refractivity contribution in [2.45, 2.75) is 11.7 Å². The summed E-state index contributed by atoms with van der Waals surface area (Å²) in [6.45, 7) is 2.18. The predicted octanol–water partition coefficient (Wildman–Crippen LogP) is -0.730. The maximum absolute atomic E-state index is 12.5. The lowest BCUT2D eigenvalue weighted by Crippen LogP contribution is -2.81. The van der Waals surface area contributed by atoms with E-state index in [9.17, 15) is 4.39 Å². The predicted molar refractivity (Wildman–Crippen MR) is 28.5 cm³/mol. The van der Waals surface area contributed by atoms with Crippen molar-refractivity contribution >= 4 is 0 Å². The number of rotatable bonds is 0. The maximum atomic E-state index is 12.5. The van der Waals surface area contributed by atoms with Gasteiger partial charge in [0.2, 0.25) is 0 Å². The summed E-state index contributed by atoms with van der Waals surface area (Å²) in [6, 6.07) is 0. The Bertz CT molecular complexity index is 105. The minimum atomic E-state index is -0.594. The molecule has 2 saturated heterocycles. The highest BCUT2D eigenvalue weighted by Gasteiger charge is 2.51. The fourth-order valence-corrected chi connectivity index (χ4v) is 1.21. The molecular formula is C5H9FN2. The Balaban J connectivity index is 2.03. The van der Waals surface area contributed by atoms with Crippen LogP contribution in [0.5, 0.6) is 0 Å². The normalized spacial score (nSPS) is 40.9. The summed E-state index contributed by atoms with van der Waals surface area (Å²) < 4.78 is 12.5. The first-order chi connectivity index (χ1) is 3.83. The van der Waals surface area contributed by atoms with Crippen LogP contribution in [0.4, 0.5) is 4.39 Å². The Morgan fingerprint density at radius 3 is 2.25 bits per heavy atom. The Kier molecular flexibility index (Phi) is 0.718. The van der Waals surface area contributed by atoms with E-state index in [1.165, 1.54) is 0 Å². The molecule has 2 heterocycles. The quantitative estimate of drug-likeness (QED) is 0.436. The summed E-state index contributed by atoms with van der Waals surface area (Å²) in [5.41, 5.74) is -0.125. The summed E-state index contributed by atoms with van der Waals surface area (Å²) in [5, 5.41) is 6.10. The van der Waals surface area contributed by atoms with Gasteiger partial charge in [0.15, 0.2) is 0 Å². The lowest BCUT2D eigenvalue weighted by molar-refractivity contribution is 0.0139. The summed E-state index contributed by atoms with van der Waals surface area (Å²) in [6.07, 6.45) is -0.594.